The fourth-order valence-corrected chi connectivity index (χ4v) is 3.32. The first-order valence-electron chi connectivity index (χ1n) is 8.87. The highest BCUT2D eigenvalue weighted by Gasteiger charge is 2.17. The number of nitrogen functional groups attached to an aromatic ring is 1. The van der Waals surface area contributed by atoms with Gasteiger partial charge in [-0.3, -0.25) is 0 Å². The lowest BCUT2D eigenvalue weighted by Gasteiger charge is -2.12. The number of ether oxygens (including phenoxy) is 3. The fourth-order valence-electron chi connectivity index (χ4n) is 3.32. The number of fused-ring (bicyclic) bond motifs is 2. The van der Waals surface area contributed by atoms with Crippen molar-refractivity contribution in [1.82, 2.24) is 9.55 Å². The molecule has 4 aromatic rings. The van der Waals surface area contributed by atoms with Gasteiger partial charge in [0, 0.05) is 24.2 Å². The summed E-state index contributed by atoms with van der Waals surface area (Å²) in [6.07, 6.45) is 1.79. The molecule has 7 nitrogen and oxygen atoms in total. The van der Waals surface area contributed by atoms with E-state index < -0.39 is 0 Å². The average Bonchev–Trinajstić information content (AvgIpc) is 3.04. The second-order valence-electron chi connectivity index (χ2n) is 6.30. The SMILES string of the molecule is CCn1cc2nc3c(Oc4ccc(OC)c(OC)c4)cccc3c(N)c2c1O. The van der Waals surface area contributed by atoms with Crippen LogP contribution in [0.3, 0.4) is 0 Å². The van der Waals surface area contributed by atoms with Crippen molar-refractivity contribution in [2.45, 2.75) is 13.5 Å². The highest BCUT2D eigenvalue weighted by Crippen LogP contribution is 2.40. The first kappa shape index (κ1) is 17.8. The van der Waals surface area contributed by atoms with Crippen LogP contribution in [-0.4, -0.2) is 28.9 Å². The summed E-state index contributed by atoms with van der Waals surface area (Å²) in [7, 11) is 3.16. The van der Waals surface area contributed by atoms with Gasteiger partial charge in [-0.25, -0.2) is 4.98 Å². The summed E-state index contributed by atoms with van der Waals surface area (Å²) in [6, 6.07) is 10.9. The molecule has 0 aliphatic carbocycles. The van der Waals surface area contributed by atoms with Gasteiger partial charge in [-0.2, -0.15) is 0 Å². The van der Waals surface area contributed by atoms with E-state index in [0.717, 1.165) is 5.39 Å². The van der Waals surface area contributed by atoms with Crippen LogP contribution in [0.5, 0.6) is 28.9 Å². The molecule has 0 radical (unpaired) electrons. The number of hydrogen-bond acceptors (Lipinski definition) is 6. The lowest BCUT2D eigenvalue weighted by molar-refractivity contribution is 0.352. The molecule has 3 N–H and O–H groups in total. The van der Waals surface area contributed by atoms with E-state index in [4.69, 9.17) is 24.9 Å². The second-order valence-corrected chi connectivity index (χ2v) is 6.30. The summed E-state index contributed by atoms with van der Waals surface area (Å²) in [5.41, 5.74) is 8.08. The molecule has 4 rings (SSSR count). The number of nitrogens with two attached hydrogens (primary N) is 1. The number of pyridine rings is 1. The Bertz CT molecular complexity index is 1180. The zero-order valence-electron chi connectivity index (χ0n) is 15.9. The Morgan fingerprint density at radius 2 is 1.86 bits per heavy atom. The van der Waals surface area contributed by atoms with Gasteiger partial charge in [0.15, 0.2) is 17.2 Å². The van der Waals surface area contributed by atoms with E-state index >= 15 is 0 Å². The number of hydrogen-bond donors (Lipinski definition) is 2. The standard InChI is InChI=1S/C21H21N3O4/c1-4-24-11-14-18(21(24)25)19(22)13-6-5-7-16(20(13)23-14)28-12-8-9-15(26-2)17(10-12)27-3/h5-11,25H,4,22H2,1-3H3. The summed E-state index contributed by atoms with van der Waals surface area (Å²) in [6.45, 7) is 2.56. The second kappa shape index (κ2) is 6.84. The van der Waals surface area contributed by atoms with Gasteiger partial charge in [0.05, 0.1) is 30.8 Å². The molecule has 0 atom stereocenters. The van der Waals surface area contributed by atoms with Crippen molar-refractivity contribution >= 4 is 27.5 Å². The maximum atomic E-state index is 10.4. The van der Waals surface area contributed by atoms with Gasteiger partial charge in [-0.05, 0) is 25.1 Å². The number of aromatic nitrogens is 2. The Morgan fingerprint density at radius 3 is 2.57 bits per heavy atom. The molecule has 0 spiro atoms. The van der Waals surface area contributed by atoms with Crippen molar-refractivity contribution in [3.63, 3.8) is 0 Å². The Hall–Kier alpha value is -3.61. The van der Waals surface area contributed by atoms with E-state index in [-0.39, 0.29) is 5.88 Å². The molecule has 2 heterocycles. The first-order valence-corrected chi connectivity index (χ1v) is 8.87. The number of nitrogens with zero attached hydrogens (tertiary/aromatic N) is 2. The van der Waals surface area contributed by atoms with Crippen molar-refractivity contribution < 1.29 is 19.3 Å². The maximum Gasteiger partial charge on any atom is 0.202 e. The average molecular weight is 379 g/mol. The lowest BCUT2D eigenvalue weighted by atomic mass is 10.1. The molecule has 7 heteroatoms. The predicted molar refractivity (Wildman–Crippen MR) is 109 cm³/mol. The minimum Gasteiger partial charge on any atom is -0.494 e. The zero-order chi connectivity index (χ0) is 19.8. The first-order chi connectivity index (χ1) is 13.6. The number of benzene rings is 2. The van der Waals surface area contributed by atoms with Crippen LogP contribution in [0.25, 0.3) is 21.8 Å². The van der Waals surface area contributed by atoms with Gasteiger partial charge < -0.3 is 29.6 Å². The molecule has 2 aromatic heterocycles. The quantitative estimate of drug-likeness (QED) is 0.537. The van der Waals surface area contributed by atoms with Gasteiger partial charge in [-0.1, -0.05) is 12.1 Å². The van der Waals surface area contributed by atoms with Crippen molar-refractivity contribution in [2.75, 3.05) is 20.0 Å². The molecule has 0 saturated heterocycles. The summed E-state index contributed by atoms with van der Waals surface area (Å²) in [4.78, 5) is 4.70. The van der Waals surface area contributed by atoms with E-state index in [9.17, 15) is 5.11 Å². The van der Waals surface area contributed by atoms with Crippen LogP contribution in [0.15, 0.2) is 42.6 Å². The molecule has 0 saturated carbocycles. The van der Waals surface area contributed by atoms with Gasteiger partial charge >= 0.3 is 0 Å². The molecule has 2 aromatic carbocycles. The van der Waals surface area contributed by atoms with Crippen LogP contribution in [0.2, 0.25) is 0 Å². The maximum absolute atomic E-state index is 10.4. The number of methoxy groups -OCH3 is 2. The number of rotatable bonds is 5. The summed E-state index contributed by atoms with van der Waals surface area (Å²) < 4.78 is 18.4. The van der Waals surface area contributed by atoms with E-state index in [1.807, 2.05) is 25.1 Å². The van der Waals surface area contributed by atoms with Gasteiger partial charge in [-0.15, -0.1) is 0 Å². The van der Waals surface area contributed by atoms with E-state index in [2.05, 4.69) is 0 Å². The lowest BCUT2D eigenvalue weighted by Crippen LogP contribution is -1.95. The molecule has 0 aliphatic heterocycles. The van der Waals surface area contributed by atoms with Crippen LogP contribution in [0.1, 0.15) is 6.92 Å². The van der Waals surface area contributed by atoms with Crippen molar-refractivity contribution in [1.29, 1.82) is 0 Å². The number of aryl methyl sites for hydroxylation is 1. The fraction of sp³-hybridized carbons (Fsp3) is 0.190. The highest BCUT2D eigenvalue weighted by atomic mass is 16.5. The Labute approximate surface area is 161 Å². The highest BCUT2D eigenvalue weighted by molar-refractivity contribution is 6.10. The Kier molecular flexibility index (Phi) is 4.35. The van der Waals surface area contributed by atoms with Crippen molar-refractivity contribution in [2.24, 2.45) is 0 Å². The molecule has 0 amide bonds. The van der Waals surface area contributed by atoms with Crippen LogP contribution in [-0.2, 0) is 6.54 Å². The molecule has 0 aliphatic rings. The van der Waals surface area contributed by atoms with Crippen LogP contribution >= 0.6 is 0 Å². The number of aromatic hydroxyl groups is 1. The topological polar surface area (TPSA) is 91.8 Å². The molecule has 0 unspecified atom stereocenters. The van der Waals surface area contributed by atoms with Crippen molar-refractivity contribution in [3.8, 4) is 28.9 Å². The predicted octanol–water partition coefficient (Wildman–Crippen LogP) is 4.31. The smallest absolute Gasteiger partial charge is 0.202 e. The number of para-hydroxylation sites is 1. The third kappa shape index (κ3) is 2.72. The van der Waals surface area contributed by atoms with Crippen LogP contribution < -0.4 is 19.9 Å². The third-order valence-electron chi connectivity index (χ3n) is 4.74. The molecule has 28 heavy (non-hydrogen) atoms. The minimum absolute atomic E-state index is 0.121. The molecule has 0 fully saturated rings. The zero-order valence-corrected chi connectivity index (χ0v) is 15.9. The third-order valence-corrected chi connectivity index (χ3v) is 4.74. The monoisotopic (exact) mass is 379 g/mol. The molecular formula is C21H21N3O4. The van der Waals surface area contributed by atoms with E-state index in [1.165, 1.54) is 0 Å². The normalized spacial score (nSPS) is 11.1. The van der Waals surface area contributed by atoms with Gasteiger partial charge in [0.25, 0.3) is 0 Å². The minimum atomic E-state index is 0.121. The Morgan fingerprint density at radius 1 is 1.07 bits per heavy atom. The van der Waals surface area contributed by atoms with Crippen LogP contribution in [0.4, 0.5) is 5.69 Å². The van der Waals surface area contributed by atoms with Crippen LogP contribution in [0, 0.1) is 0 Å². The summed E-state index contributed by atoms with van der Waals surface area (Å²) in [5.74, 6) is 2.45. The van der Waals surface area contributed by atoms with Crippen molar-refractivity contribution in [3.05, 3.63) is 42.6 Å². The molecule has 0 bridgehead atoms. The summed E-state index contributed by atoms with van der Waals surface area (Å²) >= 11 is 0. The summed E-state index contributed by atoms with van der Waals surface area (Å²) in [5, 5.41) is 11.7. The van der Waals surface area contributed by atoms with Gasteiger partial charge in [0.2, 0.25) is 5.88 Å². The van der Waals surface area contributed by atoms with E-state index in [1.54, 1.807) is 43.2 Å². The van der Waals surface area contributed by atoms with E-state index in [0.29, 0.717) is 51.6 Å². The molecule has 144 valence electrons. The van der Waals surface area contributed by atoms with Gasteiger partial charge in [0.1, 0.15) is 11.3 Å². The Balaban J connectivity index is 1.86. The number of anilines is 1. The largest absolute Gasteiger partial charge is 0.494 e. The molecular weight excluding hydrogens is 358 g/mol.